The number of nitrogens with zero attached hydrogens (tertiary/aromatic N) is 6. The molecule has 0 amide bonds. The second kappa shape index (κ2) is 18.0. The molecule has 0 saturated heterocycles. The van der Waals surface area contributed by atoms with E-state index in [4.69, 9.17) is 9.26 Å². The van der Waals surface area contributed by atoms with Crippen molar-refractivity contribution < 1.29 is 61.9 Å². The molecule has 0 aliphatic heterocycles. The van der Waals surface area contributed by atoms with Gasteiger partial charge in [0.15, 0.2) is 5.60 Å². The van der Waals surface area contributed by atoms with Gasteiger partial charge in [-0.1, -0.05) is 59.3 Å². The van der Waals surface area contributed by atoms with Crippen LogP contribution in [-0.4, -0.2) is 48.1 Å². The number of benzene rings is 1. The van der Waals surface area contributed by atoms with Gasteiger partial charge in [0.25, 0.3) is 0 Å². The molecule has 0 spiro atoms. The number of unbranched alkanes of at least 4 members (excludes halogenated alkanes) is 6. The SMILES string of the molecule is CCCCCCCCCOP(=O)([O-])NC(C(=O)OC(Cn1cncn1)(Cn1cncn1)c1ccc(F)cc1F)C(C)C.[Na+]. The van der Waals surface area contributed by atoms with Crippen LogP contribution in [0.4, 0.5) is 8.78 Å². The maximum atomic E-state index is 15.3. The van der Waals surface area contributed by atoms with Crippen molar-refractivity contribution in [3.63, 3.8) is 0 Å². The maximum absolute atomic E-state index is 15.3. The number of ether oxygens (including phenoxy) is 1. The molecule has 2 heterocycles. The van der Waals surface area contributed by atoms with Crippen LogP contribution in [0.3, 0.4) is 0 Å². The van der Waals surface area contributed by atoms with Crippen LogP contribution in [0.2, 0.25) is 0 Å². The van der Waals surface area contributed by atoms with E-state index in [0.717, 1.165) is 44.2 Å². The van der Waals surface area contributed by atoms with Gasteiger partial charge in [-0.2, -0.15) is 10.2 Å². The summed E-state index contributed by atoms with van der Waals surface area (Å²) in [5.74, 6) is -3.38. The predicted octanol–water partition coefficient (Wildman–Crippen LogP) is 1.14. The normalized spacial score (nSPS) is 13.8. The Hall–Kier alpha value is -2.06. The number of carbonyl (C=O) groups excluding carboxylic acids is 1. The zero-order valence-electron chi connectivity index (χ0n) is 25.2. The van der Waals surface area contributed by atoms with E-state index in [-0.39, 0.29) is 54.8 Å². The predicted molar refractivity (Wildman–Crippen MR) is 147 cm³/mol. The molecule has 0 aliphatic carbocycles. The van der Waals surface area contributed by atoms with Gasteiger partial charge in [0.05, 0.1) is 19.7 Å². The van der Waals surface area contributed by atoms with E-state index in [1.807, 2.05) is 0 Å². The molecule has 232 valence electrons. The Morgan fingerprint density at radius 2 is 1.60 bits per heavy atom. The summed E-state index contributed by atoms with van der Waals surface area (Å²) in [5, 5.41) is 10.4. The molecule has 2 unspecified atom stereocenters. The molecule has 0 saturated carbocycles. The fourth-order valence-corrected chi connectivity index (χ4v) is 5.72. The number of carbonyl (C=O) groups is 1. The van der Waals surface area contributed by atoms with E-state index in [1.165, 1.54) is 41.1 Å². The fraction of sp³-hybridized carbons (Fsp3) is 0.593. The maximum Gasteiger partial charge on any atom is 1.00 e. The Morgan fingerprint density at radius 1 is 1.02 bits per heavy atom. The second-order valence-corrected chi connectivity index (χ2v) is 12.0. The van der Waals surface area contributed by atoms with Gasteiger partial charge >= 0.3 is 35.5 Å². The average molecular weight is 634 g/mol. The van der Waals surface area contributed by atoms with Crippen LogP contribution < -0.4 is 39.5 Å². The summed E-state index contributed by atoms with van der Waals surface area (Å²) >= 11 is 0. The minimum absolute atomic E-state index is 0. The molecule has 2 atom stereocenters. The van der Waals surface area contributed by atoms with Gasteiger partial charge in [0, 0.05) is 11.6 Å². The smallest absolute Gasteiger partial charge is 0.766 e. The monoisotopic (exact) mass is 633 g/mol. The molecule has 16 heteroatoms. The van der Waals surface area contributed by atoms with E-state index in [9.17, 15) is 18.6 Å². The Labute approximate surface area is 272 Å². The molecule has 0 bridgehead atoms. The number of hydrogen-bond acceptors (Lipinski definition) is 9. The minimum atomic E-state index is -4.67. The van der Waals surface area contributed by atoms with Gasteiger partial charge < -0.3 is 14.2 Å². The number of aromatic nitrogens is 6. The topological polar surface area (TPSA) is 149 Å². The van der Waals surface area contributed by atoms with Gasteiger partial charge in [-0.15, -0.1) is 0 Å². The molecular formula is C27H39F2N7NaO5P. The first kappa shape index (κ1) is 37.1. The molecule has 3 rings (SSSR count). The van der Waals surface area contributed by atoms with Crippen molar-refractivity contribution in [1.29, 1.82) is 0 Å². The molecular weight excluding hydrogens is 594 g/mol. The summed E-state index contributed by atoms with van der Waals surface area (Å²) in [6.07, 6.45) is 12.1. The third-order valence-electron chi connectivity index (χ3n) is 6.71. The van der Waals surface area contributed by atoms with Crippen LogP contribution in [0.5, 0.6) is 0 Å². The fourth-order valence-electron chi connectivity index (χ4n) is 4.53. The second-order valence-electron chi connectivity index (χ2n) is 10.5. The van der Waals surface area contributed by atoms with Crippen molar-refractivity contribution in [2.24, 2.45) is 5.92 Å². The van der Waals surface area contributed by atoms with Crippen molar-refractivity contribution in [3.8, 4) is 0 Å². The van der Waals surface area contributed by atoms with Crippen LogP contribution in [0.25, 0.3) is 0 Å². The van der Waals surface area contributed by atoms with Gasteiger partial charge in [0.2, 0.25) is 7.75 Å². The molecule has 1 aromatic carbocycles. The first-order valence-electron chi connectivity index (χ1n) is 14.1. The Bertz CT molecular complexity index is 1250. The molecule has 0 radical (unpaired) electrons. The number of rotatable bonds is 19. The number of esters is 1. The van der Waals surface area contributed by atoms with Crippen molar-refractivity contribution in [1.82, 2.24) is 34.6 Å². The molecule has 43 heavy (non-hydrogen) atoms. The van der Waals surface area contributed by atoms with Gasteiger partial charge in [-0.25, -0.2) is 33.2 Å². The summed E-state index contributed by atoms with van der Waals surface area (Å²) in [6.45, 7) is 4.87. The van der Waals surface area contributed by atoms with E-state index in [1.54, 1.807) is 13.8 Å². The van der Waals surface area contributed by atoms with E-state index < -0.39 is 42.9 Å². The summed E-state index contributed by atoms with van der Waals surface area (Å²) in [6, 6.07) is 1.48. The summed E-state index contributed by atoms with van der Waals surface area (Å²) in [5.41, 5.74) is -2.04. The third-order valence-corrected chi connectivity index (χ3v) is 7.83. The van der Waals surface area contributed by atoms with Crippen LogP contribution in [-0.2, 0) is 37.3 Å². The molecule has 2 aromatic heterocycles. The first-order chi connectivity index (χ1) is 20.0. The van der Waals surface area contributed by atoms with Crippen molar-refractivity contribution in [2.75, 3.05) is 6.61 Å². The van der Waals surface area contributed by atoms with Crippen LogP contribution in [0, 0.1) is 17.6 Å². The molecule has 1 N–H and O–H groups in total. The van der Waals surface area contributed by atoms with Crippen molar-refractivity contribution in [3.05, 3.63) is 60.7 Å². The molecule has 0 fully saturated rings. The van der Waals surface area contributed by atoms with Crippen LogP contribution in [0.1, 0.15) is 71.3 Å². The van der Waals surface area contributed by atoms with Crippen LogP contribution in [0.15, 0.2) is 43.5 Å². The summed E-state index contributed by atoms with van der Waals surface area (Å²) in [4.78, 5) is 34.3. The standard InChI is InChI=1S/C27H40F2N7O5P.Na/c1-4-5-6-7-8-9-10-13-40-42(38,39)34-25(21(2)3)26(37)41-27(15-35-19-30-17-32-35,16-36-20-31-18-33-36)23-12-11-22(28)14-24(23)29;/h11-12,14,17-21,25H,4-10,13,15-16H2,1-3H3,(H2,34,38,39);/q;+1/p-1. The Morgan fingerprint density at radius 3 is 2.12 bits per heavy atom. The van der Waals surface area contributed by atoms with Gasteiger partial charge in [-0.05, 0) is 24.5 Å². The number of halogens is 2. The van der Waals surface area contributed by atoms with Crippen molar-refractivity contribution in [2.45, 2.75) is 90.4 Å². The average Bonchev–Trinajstić information content (AvgIpc) is 3.63. The van der Waals surface area contributed by atoms with E-state index >= 15 is 4.39 Å². The molecule has 0 aliphatic rings. The van der Waals surface area contributed by atoms with Gasteiger partial charge in [-0.3, -0.25) is 9.36 Å². The first-order valence-corrected chi connectivity index (χ1v) is 15.7. The number of hydrogen-bond donors (Lipinski definition) is 1. The van der Waals surface area contributed by atoms with Gasteiger partial charge in [0.1, 0.15) is 43.0 Å². The van der Waals surface area contributed by atoms with E-state index in [2.05, 4.69) is 32.2 Å². The minimum Gasteiger partial charge on any atom is -0.766 e. The van der Waals surface area contributed by atoms with E-state index in [0.29, 0.717) is 12.5 Å². The zero-order valence-corrected chi connectivity index (χ0v) is 28.1. The van der Waals surface area contributed by atoms with Crippen molar-refractivity contribution >= 4 is 13.7 Å². The van der Waals surface area contributed by atoms with Crippen LogP contribution >= 0.6 is 7.75 Å². The number of nitrogens with one attached hydrogen (secondary N) is 1. The Kier molecular flexibility index (Phi) is 15.6. The molecule has 3 aromatic rings. The quantitative estimate of drug-likeness (QED) is 0.0882. The third kappa shape index (κ3) is 11.8. The summed E-state index contributed by atoms with van der Waals surface area (Å²) in [7, 11) is -4.67. The zero-order chi connectivity index (χ0) is 30.6. The largest absolute Gasteiger partial charge is 1.00 e. The Balaban J connectivity index is 0.00000645. The molecule has 12 nitrogen and oxygen atoms in total. The summed E-state index contributed by atoms with van der Waals surface area (Å²) < 4.78 is 55.8.